The van der Waals surface area contributed by atoms with Gasteiger partial charge in [0, 0.05) is 19.6 Å². The molecule has 11 heavy (non-hydrogen) atoms. The summed E-state index contributed by atoms with van der Waals surface area (Å²) >= 11 is 0. The van der Waals surface area contributed by atoms with Gasteiger partial charge < -0.3 is 20.3 Å². The van der Waals surface area contributed by atoms with Crippen LogP contribution in [0.2, 0.25) is 0 Å². The highest BCUT2D eigenvalue weighted by Crippen LogP contribution is 2.20. The van der Waals surface area contributed by atoms with Crippen LogP contribution in [-0.4, -0.2) is 30.7 Å². The molecule has 3 atom stereocenters. The Morgan fingerprint density at radius 1 is 1.82 bits per heavy atom. The second-order valence-electron chi connectivity index (χ2n) is 2.59. The normalized spacial score (nSPS) is 38.5. The first-order chi connectivity index (χ1) is 5.15. The molecule has 4 nitrogen and oxygen atoms in total. The summed E-state index contributed by atoms with van der Waals surface area (Å²) in [5, 5.41) is 9.25. The summed E-state index contributed by atoms with van der Waals surface area (Å²) in [6, 6.07) is -0.332. The summed E-state index contributed by atoms with van der Waals surface area (Å²) in [5.74, 6) is 0.288. The van der Waals surface area contributed by atoms with Gasteiger partial charge in [-0.05, 0) is 0 Å². The fourth-order valence-electron chi connectivity index (χ4n) is 1.02. The van der Waals surface area contributed by atoms with Crippen LogP contribution in [-0.2, 0) is 9.47 Å². The smallest absolute Gasteiger partial charge is 0.200 e. The van der Waals surface area contributed by atoms with Crippen molar-refractivity contribution in [3.05, 3.63) is 12.3 Å². The first-order valence-corrected chi connectivity index (χ1v) is 3.47. The van der Waals surface area contributed by atoms with Gasteiger partial charge in [0.15, 0.2) is 0 Å². The standard InChI is InChI=1S/C7H13NO3/c1-4-7(9)5(8)3-6(10-2)11-4/h5-7,9H,1,3,8H2,2H3. The zero-order chi connectivity index (χ0) is 8.43. The number of aliphatic hydroxyl groups is 1. The van der Waals surface area contributed by atoms with Crippen LogP contribution < -0.4 is 5.73 Å². The Kier molecular flexibility index (Phi) is 2.49. The lowest BCUT2D eigenvalue weighted by Gasteiger charge is -2.32. The lowest BCUT2D eigenvalue weighted by atomic mass is 10.0. The van der Waals surface area contributed by atoms with E-state index < -0.39 is 6.10 Å². The van der Waals surface area contributed by atoms with Gasteiger partial charge in [-0.15, -0.1) is 0 Å². The Bertz CT molecular complexity index is 160. The Morgan fingerprint density at radius 3 is 2.91 bits per heavy atom. The van der Waals surface area contributed by atoms with E-state index in [1.807, 2.05) is 0 Å². The number of nitrogens with two attached hydrogens (primary N) is 1. The van der Waals surface area contributed by atoms with Crippen molar-refractivity contribution in [2.45, 2.75) is 24.9 Å². The van der Waals surface area contributed by atoms with Crippen molar-refractivity contribution in [1.82, 2.24) is 0 Å². The highest BCUT2D eigenvalue weighted by atomic mass is 16.7. The van der Waals surface area contributed by atoms with E-state index >= 15 is 0 Å². The third kappa shape index (κ3) is 1.71. The first kappa shape index (κ1) is 8.52. The van der Waals surface area contributed by atoms with E-state index in [1.165, 1.54) is 7.11 Å². The molecule has 1 heterocycles. The van der Waals surface area contributed by atoms with Crippen molar-refractivity contribution in [2.24, 2.45) is 5.73 Å². The molecule has 1 saturated heterocycles. The molecule has 0 aromatic heterocycles. The molecule has 1 fully saturated rings. The van der Waals surface area contributed by atoms with Gasteiger partial charge in [-0.1, -0.05) is 6.58 Å². The second-order valence-corrected chi connectivity index (χ2v) is 2.59. The molecule has 0 aliphatic carbocycles. The lowest BCUT2D eigenvalue weighted by Crippen LogP contribution is -2.45. The molecule has 4 heteroatoms. The van der Waals surface area contributed by atoms with Crippen LogP contribution in [0.1, 0.15) is 6.42 Å². The number of hydrogen-bond acceptors (Lipinski definition) is 4. The average Bonchev–Trinajstić information content (AvgIpc) is 1.99. The van der Waals surface area contributed by atoms with Gasteiger partial charge >= 0.3 is 0 Å². The second kappa shape index (κ2) is 3.21. The van der Waals surface area contributed by atoms with Gasteiger partial charge in [0.05, 0.1) is 0 Å². The molecular formula is C7H13NO3. The largest absolute Gasteiger partial charge is 0.467 e. The van der Waals surface area contributed by atoms with Crippen LogP contribution in [0.3, 0.4) is 0 Å². The van der Waals surface area contributed by atoms with Crippen molar-refractivity contribution in [1.29, 1.82) is 0 Å². The van der Waals surface area contributed by atoms with E-state index in [9.17, 15) is 5.11 Å². The maximum Gasteiger partial charge on any atom is 0.200 e. The molecule has 0 bridgehead atoms. The number of rotatable bonds is 1. The highest BCUT2D eigenvalue weighted by molar-refractivity contribution is 5.01. The van der Waals surface area contributed by atoms with Crippen molar-refractivity contribution < 1.29 is 14.6 Å². The van der Waals surface area contributed by atoms with Crippen LogP contribution in [0.5, 0.6) is 0 Å². The fourth-order valence-corrected chi connectivity index (χ4v) is 1.02. The predicted octanol–water partition coefficient (Wildman–Crippen LogP) is -0.419. The Labute approximate surface area is 65.6 Å². The molecule has 3 unspecified atom stereocenters. The van der Waals surface area contributed by atoms with Crippen LogP contribution >= 0.6 is 0 Å². The van der Waals surface area contributed by atoms with Gasteiger partial charge in [-0.25, -0.2) is 0 Å². The maximum atomic E-state index is 9.25. The van der Waals surface area contributed by atoms with Gasteiger partial charge in [-0.3, -0.25) is 0 Å². The fraction of sp³-hybridized carbons (Fsp3) is 0.714. The minimum absolute atomic E-state index is 0.288. The van der Waals surface area contributed by atoms with Gasteiger partial charge in [0.25, 0.3) is 0 Å². The van der Waals surface area contributed by atoms with Crippen LogP contribution in [0.4, 0.5) is 0 Å². The number of aliphatic hydroxyl groups excluding tert-OH is 1. The average molecular weight is 159 g/mol. The van der Waals surface area contributed by atoms with E-state index in [1.54, 1.807) is 0 Å². The number of hydrogen-bond donors (Lipinski definition) is 2. The van der Waals surface area contributed by atoms with Crippen LogP contribution in [0, 0.1) is 0 Å². The summed E-state index contributed by atoms with van der Waals surface area (Å²) in [4.78, 5) is 0. The summed E-state index contributed by atoms with van der Waals surface area (Å²) in [6.07, 6.45) is -0.626. The van der Waals surface area contributed by atoms with E-state index in [-0.39, 0.29) is 18.1 Å². The Hall–Kier alpha value is -0.580. The topological polar surface area (TPSA) is 64.7 Å². The molecule has 0 radical (unpaired) electrons. The summed E-state index contributed by atoms with van der Waals surface area (Å²) in [5.41, 5.74) is 5.56. The van der Waals surface area contributed by atoms with E-state index in [4.69, 9.17) is 15.2 Å². The minimum Gasteiger partial charge on any atom is -0.467 e. The molecule has 0 aromatic rings. The quantitative estimate of drug-likeness (QED) is 0.545. The first-order valence-electron chi connectivity index (χ1n) is 3.47. The summed E-state index contributed by atoms with van der Waals surface area (Å²) < 4.78 is 9.98. The molecule has 0 saturated carbocycles. The number of ether oxygens (including phenoxy) is 2. The molecule has 1 aliphatic rings. The molecule has 64 valence electrons. The zero-order valence-corrected chi connectivity index (χ0v) is 6.49. The zero-order valence-electron chi connectivity index (χ0n) is 6.49. The molecular weight excluding hydrogens is 146 g/mol. The van der Waals surface area contributed by atoms with Crippen molar-refractivity contribution >= 4 is 0 Å². The maximum absolute atomic E-state index is 9.25. The molecule has 3 N–H and O–H groups in total. The monoisotopic (exact) mass is 159 g/mol. The number of methoxy groups -OCH3 is 1. The van der Waals surface area contributed by atoms with Crippen LogP contribution in [0.25, 0.3) is 0 Å². The van der Waals surface area contributed by atoms with E-state index in [0.717, 1.165) is 0 Å². The molecule has 0 spiro atoms. The van der Waals surface area contributed by atoms with E-state index in [2.05, 4.69) is 6.58 Å². The highest BCUT2D eigenvalue weighted by Gasteiger charge is 2.30. The van der Waals surface area contributed by atoms with Crippen LogP contribution in [0.15, 0.2) is 12.3 Å². The summed E-state index contributed by atoms with van der Waals surface area (Å²) in [6.45, 7) is 3.51. The third-order valence-corrected chi connectivity index (χ3v) is 1.75. The van der Waals surface area contributed by atoms with Gasteiger partial charge in [-0.2, -0.15) is 0 Å². The molecule has 0 aromatic carbocycles. The van der Waals surface area contributed by atoms with Gasteiger partial charge in [0.2, 0.25) is 6.29 Å². The van der Waals surface area contributed by atoms with Gasteiger partial charge in [0.1, 0.15) is 11.9 Å². The predicted molar refractivity (Wildman–Crippen MR) is 39.6 cm³/mol. The molecule has 1 aliphatic heterocycles. The third-order valence-electron chi connectivity index (χ3n) is 1.75. The van der Waals surface area contributed by atoms with Crippen molar-refractivity contribution in [2.75, 3.05) is 7.11 Å². The SMILES string of the molecule is C=C1OC(OC)CC(N)C1O. The molecule has 0 amide bonds. The minimum atomic E-state index is -0.763. The summed E-state index contributed by atoms with van der Waals surface area (Å²) in [7, 11) is 1.53. The van der Waals surface area contributed by atoms with Crippen molar-refractivity contribution in [3.8, 4) is 0 Å². The van der Waals surface area contributed by atoms with Crippen molar-refractivity contribution in [3.63, 3.8) is 0 Å². The Balaban J connectivity index is 2.54. The van der Waals surface area contributed by atoms with E-state index in [0.29, 0.717) is 6.42 Å². The Morgan fingerprint density at radius 2 is 2.45 bits per heavy atom. The molecule has 1 rings (SSSR count). The lowest BCUT2D eigenvalue weighted by molar-refractivity contribution is -0.142.